The first-order chi connectivity index (χ1) is 16.5. The Bertz CT molecular complexity index is 1270. The number of amides is 1. The molecule has 5 rings (SSSR count). The van der Waals surface area contributed by atoms with Crippen LogP contribution in [-0.2, 0) is 24.4 Å². The van der Waals surface area contributed by atoms with E-state index in [9.17, 15) is 18.0 Å². The lowest BCUT2D eigenvalue weighted by Gasteiger charge is -2.36. The van der Waals surface area contributed by atoms with Crippen molar-refractivity contribution in [3.05, 3.63) is 52.7 Å². The van der Waals surface area contributed by atoms with Gasteiger partial charge in [-0.25, -0.2) is 4.98 Å². The predicted octanol–water partition coefficient (Wildman–Crippen LogP) is 3.73. The van der Waals surface area contributed by atoms with Gasteiger partial charge in [-0.3, -0.25) is 4.79 Å². The Morgan fingerprint density at radius 1 is 1.20 bits per heavy atom. The minimum absolute atomic E-state index is 0.0811. The second-order valence-corrected chi connectivity index (χ2v) is 9.49. The highest BCUT2D eigenvalue weighted by molar-refractivity contribution is 5.84. The molecule has 35 heavy (non-hydrogen) atoms. The molecule has 1 N–H and O–H groups in total. The number of nitrogens with zero attached hydrogens (tertiary/aromatic N) is 6. The Morgan fingerprint density at radius 2 is 1.94 bits per heavy atom. The van der Waals surface area contributed by atoms with Crippen LogP contribution in [0.5, 0.6) is 0 Å². The lowest BCUT2D eigenvalue weighted by atomic mass is 9.86. The molecular weight excluding hydrogens is 459 g/mol. The van der Waals surface area contributed by atoms with Crippen LogP contribution in [0.25, 0.3) is 11.4 Å². The number of carbonyl (C=O) groups is 1. The Hall–Kier alpha value is -3.50. The van der Waals surface area contributed by atoms with Crippen LogP contribution in [-0.4, -0.2) is 54.6 Å². The third-order valence-corrected chi connectivity index (χ3v) is 7.07. The number of tetrazole rings is 1. The number of carbonyl (C=O) groups excluding carboxylic acids is 1. The van der Waals surface area contributed by atoms with E-state index in [1.165, 1.54) is 16.9 Å². The summed E-state index contributed by atoms with van der Waals surface area (Å²) in [5.74, 6) is 0.745. The van der Waals surface area contributed by atoms with Gasteiger partial charge >= 0.3 is 6.18 Å². The smallest absolute Gasteiger partial charge is 0.363 e. The number of rotatable bonds is 3. The van der Waals surface area contributed by atoms with Gasteiger partial charge in [-0.2, -0.15) is 18.0 Å². The van der Waals surface area contributed by atoms with Gasteiger partial charge in [0.15, 0.2) is 0 Å². The molecule has 1 amide bonds. The van der Waals surface area contributed by atoms with E-state index in [-0.39, 0.29) is 11.4 Å². The van der Waals surface area contributed by atoms with Gasteiger partial charge in [0.1, 0.15) is 5.82 Å². The van der Waals surface area contributed by atoms with Crippen molar-refractivity contribution in [1.29, 1.82) is 0 Å². The fourth-order valence-corrected chi connectivity index (χ4v) is 5.00. The van der Waals surface area contributed by atoms with Crippen molar-refractivity contribution in [2.45, 2.75) is 50.7 Å². The molecule has 8 nitrogen and oxygen atoms in total. The summed E-state index contributed by atoms with van der Waals surface area (Å²) in [6.07, 6.45) is -1.96. The zero-order valence-corrected chi connectivity index (χ0v) is 19.7. The summed E-state index contributed by atoms with van der Waals surface area (Å²) in [6.45, 7) is 4.77. The third-order valence-electron chi connectivity index (χ3n) is 7.07. The molecular formula is C24H26F3N7O. The van der Waals surface area contributed by atoms with Crippen molar-refractivity contribution in [3.8, 4) is 11.4 Å². The number of benzene rings is 1. The van der Waals surface area contributed by atoms with E-state index in [4.69, 9.17) is 4.98 Å². The first kappa shape index (κ1) is 23.3. The Morgan fingerprint density at radius 3 is 2.60 bits per heavy atom. The number of aromatic nitrogens is 5. The number of hydrogen-bond donors (Lipinski definition) is 1. The summed E-state index contributed by atoms with van der Waals surface area (Å²) in [5.41, 5.74) is 2.31. The Kier molecular flexibility index (Phi) is 5.52. The monoisotopic (exact) mass is 485 g/mol. The van der Waals surface area contributed by atoms with Gasteiger partial charge in [0, 0.05) is 18.7 Å². The Balaban J connectivity index is 1.29. The summed E-state index contributed by atoms with van der Waals surface area (Å²) in [5, 5.41) is 15.9. The van der Waals surface area contributed by atoms with Crippen molar-refractivity contribution < 1.29 is 18.0 Å². The number of likely N-dealkylation sites (tertiary alicyclic amines) is 1. The maximum atomic E-state index is 13.2. The highest BCUT2D eigenvalue weighted by Crippen LogP contribution is 2.39. The molecule has 0 saturated carbocycles. The number of anilines is 1. The molecule has 0 radical (unpaired) electrons. The summed E-state index contributed by atoms with van der Waals surface area (Å²) in [4.78, 5) is 21.2. The van der Waals surface area contributed by atoms with E-state index in [1.807, 2.05) is 11.8 Å². The molecule has 3 aromatic rings. The number of alkyl halides is 3. The van der Waals surface area contributed by atoms with Crippen LogP contribution in [0.3, 0.4) is 0 Å². The average molecular weight is 486 g/mol. The van der Waals surface area contributed by atoms with Gasteiger partial charge in [0.25, 0.3) is 0 Å². The van der Waals surface area contributed by atoms with Crippen LogP contribution in [0.2, 0.25) is 0 Å². The minimum atomic E-state index is -4.39. The van der Waals surface area contributed by atoms with E-state index < -0.39 is 17.7 Å². The third kappa shape index (κ3) is 4.35. The summed E-state index contributed by atoms with van der Waals surface area (Å²) in [6, 6.07) is 6.90. The number of hydrogen-bond acceptors (Lipinski definition) is 6. The topological polar surface area (TPSA) is 88.8 Å². The number of pyridine rings is 1. The number of halogens is 3. The molecule has 4 heterocycles. The average Bonchev–Trinajstić information content (AvgIpc) is 3.43. The lowest BCUT2D eigenvalue weighted by Crippen LogP contribution is -2.46. The molecule has 11 heteroatoms. The molecule has 1 saturated heterocycles. The van der Waals surface area contributed by atoms with Crippen molar-refractivity contribution in [2.75, 3.05) is 18.4 Å². The maximum absolute atomic E-state index is 13.2. The van der Waals surface area contributed by atoms with Crippen LogP contribution in [0.4, 0.5) is 19.0 Å². The van der Waals surface area contributed by atoms with Crippen LogP contribution < -0.4 is 5.32 Å². The summed E-state index contributed by atoms with van der Waals surface area (Å²) < 4.78 is 38.6. The number of fused-ring (bicyclic) bond motifs is 1. The molecule has 1 spiro atoms. The molecule has 1 unspecified atom stereocenters. The van der Waals surface area contributed by atoms with E-state index in [0.29, 0.717) is 24.5 Å². The Labute approximate surface area is 200 Å². The standard InChI is InChI=1S/C24H26F3N7O/c1-14(16-4-6-18(7-5-16)24(25,26)27)22(35)34-11-10-23(13-34)9-8-17-12-19(15(2)28-20(17)29-23)21-30-32-33(3)31-21/h4-7,12,14H,8-11,13H2,1-3H3,(H,28,29)/t14?,23-/m0/s1. The fourth-order valence-electron chi connectivity index (χ4n) is 5.00. The molecule has 1 aromatic carbocycles. The zero-order valence-electron chi connectivity index (χ0n) is 19.7. The van der Waals surface area contributed by atoms with Crippen LogP contribution >= 0.6 is 0 Å². The van der Waals surface area contributed by atoms with E-state index in [1.54, 1.807) is 14.0 Å². The molecule has 2 aliphatic heterocycles. The van der Waals surface area contributed by atoms with Crippen molar-refractivity contribution in [3.63, 3.8) is 0 Å². The van der Waals surface area contributed by atoms with Crippen LogP contribution in [0, 0.1) is 6.92 Å². The van der Waals surface area contributed by atoms with Gasteiger partial charge < -0.3 is 10.2 Å². The van der Waals surface area contributed by atoms with Gasteiger partial charge in [-0.05, 0) is 67.6 Å². The van der Waals surface area contributed by atoms with Crippen LogP contribution in [0.15, 0.2) is 30.3 Å². The molecule has 2 aromatic heterocycles. The predicted molar refractivity (Wildman–Crippen MR) is 122 cm³/mol. The quantitative estimate of drug-likeness (QED) is 0.608. The number of nitrogens with one attached hydrogen (secondary N) is 1. The largest absolute Gasteiger partial charge is 0.416 e. The minimum Gasteiger partial charge on any atom is -0.363 e. The van der Waals surface area contributed by atoms with E-state index >= 15 is 0 Å². The molecule has 2 aliphatic rings. The second-order valence-electron chi connectivity index (χ2n) is 9.49. The second kappa shape index (κ2) is 8.31. The van der Waals surface area contributed by atoms with Crippen molar-refractivity contribution in [1.82, 2.24) is 30.1 Å². The highest BCUT2D eigenvalue weighted by Gasteiger charge is 2.43. The number of aryl methyl sites for hydroxylation is 3. The van der Waals surface area contributed by atoms with E-state index in [2.05, 4.69) is 26.8 Å². The lowest BCUT2D eigenvalue weighted by molar-refractivity contribution is -0.137. The normalized spacial score (nSPS) is 20.6. The van der Waals surface area contributed by atoms with Crippen molar-refractivity contribution >= 4 is 11.7 Å². The highest BCUT2D eigenvalue weighted by atomic mass is 19.4. The van der Waals surface area contributed by atoms with Gasteiger partial charge in [0.2, 0.25) is 11.7 Å². The molecule has 2 atom stereocenters. The molecule has 184 valence electrons. The molecule has 0 aliphatic carbocycles. The van der Waals surface area contributed by atoms with Crippen LogP contribution in [0.1, 0.15) is 48.1 Å². The van der Waals surface area contributed by atoms with Gasteiger partial charge in [-0.1, -0.05) is 12.1 Å². The maximum Gasteiger partial charge on any atom is 0.416 e. The van der Waals surface area contributed by atoms with Crippen molar-refractivity contribution in [2.24, 2.45) is 7.05 Å². The van der Waals surface area contributed by atoms with Gasteiger partial charge in [0.05, 0.1) is 29.8 Å². The summed E-state index contributed by atoms with van der Waals surface area (Å²) in [7, 11) is 1.72. The first-order valence-electron chi connectivity index (χ1n) is 11.5. The zero-order chi connectivity index (χ0) is 25.0. The van der Waals surface area contributed by atoms with E-state index in [0.717, 1.165) is 54.0 Å². The first-order valence-corrected chi connectivity index (χ1v) is 11.5. The molecule has 0 bridgehead atoms. The fraction of sp³-hybridized carbons (Fsp3) is 0.458. The SMILES string of the molecule is Cc1nc2c(cc1-c1nnn(C)n1)CC[C@@]1(CCN(C(=O)C(C)c3ccc(C(F)(F)F)cc3)C1)N2. The molecule has 1 fully saturated rings. The summed E-state index contributed by atoms with van der Waals surface area (Å²) >= 11 is 0. The van der Waals surface area contributed by atoms with Gasteiger partial charge in [-0.15, -0.1) is 10.2 Å².